The Morgan fingerprint density at radius 1 is 1.10 bits per heavy atom. The van der Waals surface area contributed by atoms with Crippen LogP contribution in [0.5, 0.6) is 5.75 Å². The number of aromatic nitrogens is 1. The van der Waals surface area contributed by atoms with Crippen LogP contribution in [-0.4, -0.2) is 48.5 Å². The van der Waals surface area contributed by atoms with E-state index in [2.05, 4.69) is 5.32 Å². The predicted octanol–water partition coefficient (Wildman–Crippen LogP) is 2.47. The summed E-state index contributed by atoms with van der Waals surface area (Å²) in [5.74, 6) is 0.758. The molecule has 2 amide bonds. The van der Waals surface area contributed by atoms with E-state index in [1.54, 1.807) is 19.1 Å². The van der Waals surface area contributed by atoms with Gasteiger partial charge in [0.05, 0.1) is 12.5 Å². The minimum atomic E-state index is -0.602. The zero-order valence-corrected chi connectivity index (χ0v) is 16.7. The number of carbonyl (C=O) groups is 2. The van der Waals surface area contributed by atoms with E-state index in [1.807, 2.05) is 65.4 Å². The van der Waals surface area contributed by atoms with E-state index in [9.17, 15) is 9.59 Å². The van der Waals surface area contributed by atoms with Gasteiger partial charge in [0, 0.05) is 31.9 Å². The number of nitrogens with zero attached hydrogens (tertiary/aromatic N) is 2. The lowest BCUT2D eigenvalue weighted by atomic mass is 9.73. The Bertz CT molecular complexity index is 1050. The van der Waals surface area contributed by atoms with Gasteiger partial charge in [-0.3, -0.25) is 9.59 Å². The highest BCUT2D eigenvalue weighted by Gasteiger charge is 2.50. The van der Waals surface area contributed by atoms with E-state index < -0.39 is 5.41 Å². The van der Waals surface area contributed by atoms with Crippen LogP contribution in [0.3, 0.4) is 0 Å². The molecule has 0 aliphatic carbocycles. The van der Waals surface area contributed by atoms with Gasteiger partial charge in [-0.25, -0.2) is 0 Å². The molecule has 4 rings (SSSR count). The highest BCUT2D eigenvalue weighted by Crippen LogP contribution is 2.35. The van der Waals surface area contributed by atoms with Crippen LogP contribution in [0.1, 0.15) is 5.56 Å². The highest BCUT2D eigenvalue weighted by molar-refractivity contribution is 5.88. The number of rotatable bonds is 6. The average molecular weight is 391 g/mol. The molecule has 2 heterocycles. The Morgan fingerprint density at radius 2 is 1.90 bits per heavy atom. The Balaban J connectivity index is 1.47. The number of methoxy groups -OCH3 is 1. The molecule has 2 aromatic carbocycles. The topological polar surface area (TPSA) is 63.6 Å². The van der Waals surface area contributed by atoms with Crippen LogP contribution >= 0.6 is 0 Å². The third kappa shape index (κ3) is 3.58. The molecule has 1 aromatic heterocycles. The molecule has 1 saturated heterocycles. The maximum absolute atomic E-state index is 12.8. The van der Waals surface area contributed by atoms with Gasteiger partial charge < -0.3 is 19.5 Å². The van der Waals surface area contributed by atoms with E-state index in [1.165, 1.54) is 0 Å². The number of fused-ring (bicyclic) bond motifs is 1. The molecule has 6 nitrogen and oxygen atoms in total. The van der Waals surface area contributed by atoms with Crippen molar-refractivity contribution < 1.29 is 14.3 Å². The molecule has 0 atom stereocenters. The number of hydrogen-bond donors (Lipinski definition) is 1. The van der Waals surface area contributed by atoms with Crippen molar-refractivity contribution in [2.75, 3.05) is 27.2 Å². The zero-order valence-electron chi connectivity index (χ0n) is 16.7. The summed E-state index contributed by atoms with van der Waals surface area (Å²) in [6.07, 6.45) is 2.50. The second-order valence-corrected chi connectivity index (χ2v) is 7.64. The number of hydrogen-bond acceptors (Lipinski definition) is 3. The quantitative estimate of drug-likeness (QED) is 0.702. The van der Waals surface area contributed by atoms with Crippen molar-refractivity contribution in [3.63, 3.8) is 0 Å². The SMILES string of the molecule is CNC(=O)C1(Cc2cccc(OC)c2)CN(C(=O)Cn2ccc3ccccc32)C1. The molecule has 1 N–H and O–H groups in total. The molecule has 1 aliphatic rings. The molecule has 150 valence electrons. The normalized spacial score (nSPS) is 15.0. The molecule has 6 heteroatoms. The van der Waals surface area contributed by atoms with Crippen LogP contribution in [0, 0.1) is 5.41 Å². The first-order valence-electron chi connectivity index (χ1n) is 9.71. The molecule has 0 bridgehead atoms. The summed E-state index contributed by atoms with van der Waals surface area (Å²) in [6, 6.07) is 17.7. The van der Waals surface area contributed by atoms with Crippen molar-refractivity contribution in [1.29, 1.82) is 0 Å². The second-order valence-electron chi connectivity index (χ2n) is 7.64. The summed E-state index contributed by atoms with van der Waals surface area (Å²) in [5.41, 5.74) is 1.46. The third-order valence-electron chi connectivity index (χ3n) is 5.71. The maximum Gasteiger partial charge on any atom is 0.242 e. The second kappa shape index (κ2) is 7.62. The van der Waals surface area contributed by atoms with E-state index in [0.29, 0.717) is 19.5 Å². The predicted molar refractivity (Wildman–Crippen MR) is 112 cm³/mol. The summed E-state index contributed by atoms with van der Waals surface area (Å²) in [7, 11) is 3.27. The van der Waals surface area contributed by atoms with Gasteiger partial charge in [0.2, 0.25) is 11.8 Å². The summed E-state index contributed by atoms with van der Waals surface area (Å²) < 4.78 is 7.25. The molecule has 0 spiro atoms. The third-order valence-corrected chi connectivity index (χ3v) is 5.71. The van der Waals surface area contributed by atoms with Crippen LogP contribution in [0.15, 0.2) is 60.8 Å². The van der Waals surface area contributed by atoms with Gasteiger partial charge in [-0.05, 0) is 41.6 Å². The van der Waals surface area contributed by atoms with Crippen LogP contribution < -0.4 is 10.1 Å². The number of benzene rings is 2. The number of amides is 2. The largest absolute Gasteiger partial charge is 0.497 e. The number of ether oxygens (including phenoxy) is 1. The summed E-state index contributed by atoms with van der Waals surface area (Å²) in [4.78, 5) is 27.3. The van der Waals surface area contributed by atoms with Crippen molar-refractivity contribution in [1.82, 2.24) is 14.8 Å². The minimum absolute atomic E-state index is 0.0246. The lowest BCUT2D eigenvalue weighted by molar-refractivity contribution is -0.153. The van der Waals surface area contributed by atoms with E-state index in [0.717, 1.165) is 22.2 Å². The van der Waals surface area contributed by atoms with Crippen LogP contribution in [0.4, 0.5) is 0 Å². The first-order chi connectivity index (χ1) is 14.0. The molecule has 3 aromatic rings. The van der Waals surface area contributed by atoms with Crippen molar-refractivity contribution >= 4 is 22.7 Å². The fraction of sp³-hybridized carbons (Fsp3) is 0.304. The van der Waals surface area contributed by atoms with Gasteiger partial charge in [0.15, 0.2) is 0 Å². The summed E-state index contributed by atoms with van der Waals surface area (Å²) >= 11 is 0. The standard InChI is InChI=1S/C23H25N3O3/c1-24-22(28)23(13-17-6-5-8-19(12-17)29-2)15-26(16-23)21(27)14-25-11-10-18-7-3-4-9-20(18)25/h3-12H,13-16H2,1-2H3,(H,24,28). The maximum atomic E-state index is 12.8. The number of para-hydroxylation sites is 1. The molecule has 1 fully saturated rings. The molecule has 0 saturated carbocycles. The van der Waals surface area contributed by atoms with Crippen LogP contribution in [0.25, 0.3) is 10.9 Å². The highest BCUT2D eigenvalue weighted by atomic mass is 16.5. The van der Waals surface area contributed by atoms with Crippen molar-refractivity contribution in [3.05, 3.63) is 66.4 Å². The molecular formula is C23H25N3O3. The Kier molecular flexibility index (Phi) is 5.01. The fourth-order valence-corrected chi connectivity index (χ4v) is 4.16. The monoisotopic (exact) mass is 391 g/mol. The van der Waals surface area contributed by atoms with Crippen LogP contribution in [-0.2, 0) is 22.6 Å². The van der Waals surface area contributed by atoms with Crippen molar-refractivity contribution in [3.8, 4) is 5.75 Å². The molecule has 29 heavy (non-hydrogen) atoms. The molecule has 0 unspecified atom stereocenters. The lowest BCUT2D eigenvalue weighted by Crippen LogP contribution is -2.65. The number of carbonyl (C=O) groups excluding carboxylic acids is 2. The van der Waals surface area contributed by atoms with Gasteiger partial charge in [-0.1, -0.05) is 30.3 Å². The van der Waals surface area contributed by atoms with Gasteiger partial charge >= 0.3 is 0 Å². The van der Waals surface area contributed by atoms with E-state index in [4.69, 9.17) is 4.74 Å². The van der Waals surface area contributed by atoms with Gasteiger partial charge in [0.25, 0.3) is 0 Å². The average Bonchev–Trinajstić information content (AvgIpc) is 3.12. The minimum Gasteiger partial charge on any atom is -0.497 e. The smallest absolute Gasteiger partial charge is 0.242 e. The number of nitrogens with one attached hydrogen (secondary N) is 1. The first-order valence-corrected chi connectivity index (χ1v) is 9.71. The Hall–Kier alpha value is -3.28. The van der Waals surface area contributed by atoms with Crippen molar-refractivity contribution in [2.24, 2.45) is 5.41 Å². The van der Waals surface area contributed by atoms with Gasteiger partial charge in [0.1, 0.15) is 12.3 Å². The van der Waals surface area contributed by atoms with Gasteiger partial charge in [-0.2, -0.15) is 0 Å². The zero-order chi connectivity index (χ0) is 20.4. The first kappa shape index (κ1) is 19.1. The lowest BCUT2D eigenvalue weighted by Gasteiger charge is -2.49. The van der Waals surface area contributed by atoms with E-state index >= 15 is 0 Å². The molecule has 0 radical (unpaired) electrons. The fourth-order valence-electron chi connectivity index (χ4n) is 4.16. The number of likely N-dealkylation sites (tertiary alicyclic amines) is 1. The Morgan fingerprint density at radius 3 is 2.66 bits per heavy atom. The van der Waals surface area contributed by atoms with Crippen molar-refractivity contribution in [2.45, 2.75) is 13.0 Å². The summed E-state index contributed by atoms with van der Waals surface area (Å²) in [5, 5.41) is 3.89. The van der Waals surface area contributed by atoms with E-state index in [-0.39, 0.29) is 18.4 Å². The molecule has 1 aliphatic heterocycles. The van der Waals surface area contributed by atoms with Crippen LogP contribution in [0.2, 0.25) is 0 Å². The molecular weight excluding hydrogens is 366 g/mol. The summed E-state index contributed by atoms with van der Waals surface area (Å²) in [6.45, 7) is 1.11. The van der Waals surface area contributed by atoms with Gasteiger partial charge in [-0.15, -0.1) is 0 Å². The Labute approximate surface area is 170 Å².